The summed E-state index contributed by atoms with van der Waals surface area (Å²) in [7, 11) is 0. The van der Waals surface area contributed by atoms with E-state index >= 15 is 0 Å². The number of hydrogen-bond acceptors (Lipinski definition) is 4. The van der Waals surface area contributed by atoms with Crippen molar-refractivity contribution < 1.29 is 4.74 Å². The van der Waals surface area contributed by atoms with E-state index in [2.05, 4.69) is 187 Å². The van der Waals surface area contributed by atoms with Gasteiger partial charge in [-0.15, -0.1) is 11.3 Å². The minimum Gasteiger partial charge on any atom is -0.458 e. The second-order valence-electron chi connectivity index (χ2n) is 13.8. The molecule has 11 rings (SSSR count). The fourth-order valence-electron chi connectivity index (χ4n) is 8.48. The molecule has 9 aromatic rings. The van der Waals surface area contributed by atoms with Crippen molar-refractivity contribution in [2.45, 2.75) is 6.92 Å². The molecule has 0 bridgehead atoms. The summed E-state index contributed by atoms with van der Waals surface area (Å²) in [6.07, 6.45) is 0. The van der Waals surface area contributed by atoms with Gasteiger partial charge in [-0.25, -0.2) is 0 Å². The van der Waals surface area contributed by atoms with E-state index in [9.17, 15) is 0 Å². The first kappa shape index (κ1) is 29.4. The maximum Gasteiger partial charge on any atom is 0.256 e. The molecule has 0 atom stereocenters. The summed E-state index contributed by atoms with van der Waals surface area (Å²) < 4.78 is 9.45. The Bertz CT molecular complexity index is 2850. The van der Waals surface area contributed by atoms with Crippen LogP contribution in [0.2, 0.25) is 0 Å². The van der Waals surface area contributed by atoms with Crippen LogP contribution < -0.4 is 30.9 Å². The first-order valence-electron chi connectivity index (χ1n) is 17.8. The first-order valence-corrected chi connectivity index (χ1v) is 18.6. The van der Waals surface area contributed by atoms with Crippen molar-refractivity contribution in [2.75, 3.05) is 9.80 Å². The molecule has 3 nitrogen and oxygen atoms in total. The van der Waals surface area contributed by atoms with Gasteiger partial charge >= 0.3 is 0 Å². The van der Waals surface area contributed by atoms with Gasteiger partial charge < -0.3 is 14.5 Å². The van der Waals surface area contributed by atoms with Crippen LogP contribution in [0.15, 0.2) is 170 Å². The summed E-state index contributed by atoms with van der Waals surface area (Å²) >= 11 is 1.88. The third kappa shape index (κ3) is 4.33. The van der Waals surface area contributed by atoms with E-state index in [1.807, 2.05) is 11.3 Å². The highest BCUT2D eigenvalue weighted by molar-refractivity contribution is 7.26. The quantitative estimate of drug-likeness (QED) is 0.172. The van der Waals surface area contributed by atoms with Crippen LogP contribution in [0.4, 0.5) is 34.1 Å². The normalized spacial score (nSPS) is 12.8. The van der Waals surface area contributed by atoms with E-state index in [0.717, 1.165) is 28.6 Å². The molecule has 52 heavy (non-hydrogen) atoms. The summed E-state index contributed by atoms with van der Waals surface area (Å²) in [5.74, 6) is 1.86. The van der Waals surface area contributed by atoms with Crippen LogP contribution in [-0.2, 0) is 0 Å². The SMILES string of the molecule is Cc1ccc(N(c2ccccc2)c2cc3sc4cc5c(cc4c3c3ccccc23)Oc2cccc3c2B5c2ccccc2N3c2ccccc2)cc1. The minimum atomic E-state index is 0.0585. The topological polar surface area (TPSA) is 15.7 Å². The average molecular weight is 683 g/mol. The number of aryl methyl sites for hydroxylation is 1. The molecule has 8 aromatic carbocycles. The number of ether oxygens (including phenoxy) is 1. The molecule has 0 saturated heterocycles. The number of para-hydroxylation sites is 3. The Morgan fingerprint density at radius 2 is 1.23 bits per heavy atom. The van der Waals surface area contributed by atoms with Crippen molar-refractivity contribution in [2.24, 2.45) is 0 Å². The molecule has 0 fully saturated rings. The summed E-state index contributed by atoms with van der Waals surface area (Å²) in [6.45, 7) is 2.20. The molecular weight excluding hydrogens is 651 g/mol. The van der Waals surface area contributed by atoms with E-state index in [1.54, 1.807) is 0 Å². The second kappa shape index (κ2) is 11.4. The Morgan fingerprint density at radius 3 is 2.06 bits per heavy atom. The van der Waals surface area contributed by atoms with E-state index in [0.29, 0.717) is 0 Å². The molecule has 5 heteroatoms. The second-order valence-corrected chi connectivity index (χ2v) is 14.8. The van der Waals surface area contributed by atoms with Gasteiger partial charge in [0.15, 0.2) is 0 Å². The molecular formula is C47H31BN2OS. The molecule has 0 spiro atoms. The van der Waals surface area contributed by atoms with Crippen molar-refractivity contribution >= 4 is 99.5 Å². The monoisotopic (exact) mass is 682 g/mol. The van der Waals surface area contributed by atoms with Gasteiger partial charge in [0.25, 0.3) is 6.71 Å². The highest BCUT2D eigenvalue weighted by Crippen LogP contribution is 2.48. The smallest absolute Gasteiger partial charge is 0.256 e. The predicted octanol–water partition coefficient (Wildman–Crippen LogP) is 11.4. The van der Waals surface area contributed by atoms with Crippen molar-refractivity contribution in [1.82, 2.24) is 0 Å². The van der Waals surface area contributed by atoms with Gasteiger partial charge in [0.05, 0.1) is 5.69 Å². The molecule has 0 unspecified atom stereocenters. The van der Waals surface area contributed by atoms with Crippen LogP contribution >= 0.6 is 11.3 Å². The van der Waals surface area contributed by atoms with Crippen LogP contribution in [0, 0.1) is 6.92 Å². The fourth-order valence-corrected chi connectivity index (χ4v) is 9.67. The van der Waals surface area contributed by atoms with Crippen molar-refractivity contribution in [1.29, 1.82) is 0 Å². The molecule has 2 aliphatic rings. The van der Waals surface area contributed by atoms with Crippen LogP contribution in [-0.4, -0.2) is 6.71 Å². The lowest BCUT2D eigenvalue weighted by Gasteiger charge is -2.39. The first-order chi connectivity index (χ1) is 25.7. The lowest BCUT2D eigenvalue weighted by atomic mass is 9.34. The van der Waals surface area contributed by atoms with Gasteiger partial charge in [-0.3, -0.25) is 0 Å². The molecule has 244 valence electrons. The fraction of sp³-hybridized carbons (Fsp3) is 0.0213. The number of anilines is 6. The Balaban J connectivity index is 1.15. The molecule has 0 radical (unpaired) electrons. The Labute approximate surface area is 306 Å². The zero-order valence-corrected chi connectivity index (χ0v) is 29.3. The summed E-state index contributed by atoms with van der Waals surface area (Å²) in [4.78, 5) is 4.78. The molecule has 3 heterocycles. The standard InChI is InChI=1S/C47H31BN2OS/c1-30-23-25-33(26-24-30)49(31-13-4-2-5-14-31)41-29-45-46(35-18-9-8-17-34(35)41)36-27-43-38(28-44(36)52-45)48-37-19-10-11-20-39(37)50(32-15-6-3-7-16-32)40-21-12-22-42(51-43)47(40)48/h2-29H,1H3. The van der Waals surface area contributed by atoms with Crippen molar-refractivity contribution in [3.8, 4) is 11.5 Å². The maximum absolute atomic E-state index is 6.92. The Morgan fingerprint density at radius 1 is 0.538 bits per heavy atom. The Hall–Kier alpha value is -6.30. The average Bonchev–Trinajstić information content (AvgIpc) is 3.56. The maximum atomic E-state index is 6.92. The predicted molar refractivity (Wildman–Crippen MR) is 222 cm³/mol. The van der Waals surface area contributed by atoms with E-state index in [-0.39, 0.29) is 6.71 Å². The Kier molecular flexibility index (Phi) is 6.43. The zero-order valence-electron chi connectivity index (χ0n) is 28.5. The third-order valence-electron chi connectivity index (χ3n) is 10.7. The summed E-state index contributed by atoms with van der Waals surface area (Å²) in [5, 5.41) is 4.98. The summed E-state index contributed by atoms with van der Waals surface area (Å²) in [6, 6.07) is 61.6. The van der Waals surface area contributed by atoms with E-state index in [1.165, 1.54) is 70.0 Å². The van der Waals surface area contributed by atoms with Gasteiger partial charge in [0.1, 0.15) is 11.5 Å². The van der Waals surface area contributed by atoms with Crippen LogP contribution in [0.3, 0.4) is 0 Å². The number of rotatable bonds is 4. The summed E-state index contributed by atoms with van der Waals surface area (Å²) in [5.41, 5.74) is 11.9. The molecule has 0 N–H and O–H groups in total. The van der Waals surface area contributed by atoms with Gasteiger partial charge in [-0.1, -0.05) is 103 Å². The number of thiophene rings is 1. The van der Waals surface area contributed by atoms with E-state index < -0.39 is 0 Å². The van der Waals surface area contributed by atoms with Gasteiger partial charge in [0.2, 0.25) is 0 Å². The number of hydrogen-bond donors (Lipinski definition) is 0. The van der Waals surface area contributed by atoms with Crippen molar-refractivity contribution in [3.05, 3.63) is 175 Å². The molecule has 2 aliphatic heterocycles. The van der Waals surface area contributed by atoms with Crippen molar-refractivity contribution in [3.63, 3.8) is 0 Å². The molecule has 1 aromatic heterocycles. The number of fused-ring (bicyclic) bond motifs is 9. The van der Waals surface area contributed by atoms with Crippen LogP contribution in [0.1, 0.15) is 5.56 Å². The lowest BCUT2D eigenvalue weighted by molar-refractivity contribution is 0.488. The van der Waals surface area contributed by atoms with Gasteiger partial charge in [-0.2, -0.15) is 0 Å². The third-order valence-corrected chi connectivity index (χ3v) is 11.8. The van der Waals surface area contributed by atoms with Crippen LogP contribution in [0.25, 0.3) is 30.9 Å². The van der Waals surface area contributed by atoms with Gasteiger partial charge in [-0.05, 0) is 101 Å². The lowest BCUT2D eigenvalue weighted by Crippen LogP contribution is -2.59. The zero-order chi connectivity index (χ0) is 34.3. The molecule has 0 saturated carbocycles. The molecule has 0 aliphatic carbocycles. The van der Waals surface area contributed by atoms with Crippen LogP contribution in [0.5, 0.6) is 11.5 Å². The number of nitrogens with zero attached hydrogens (tertiary/aromatic N) is 2. The minimum absolute atomic E-state index is 0.0585. The highest BCUT2D eigenvalue weighted by Gasteiger charge is 2.41. The number of benzene rings is 8. The largest absolute Gasteiger partial charge is 0.458 e. The van der Waals surface area contributed by atoms with Gasteiger partial charge in [0, 0.05) is 54.0 Å². The highest BCUT2D eigenvalue weighted by atomic mass is 32.1. The molecule has 0 amide bonds. The van der Waals surface area contributed by atoms with E-state index in [4.69, 9.17) is 4.74 Å².